The van der Waals surface area contributed by atoms with Crippen LogP contribution in [0.1, 0.15) is 34.3 Å². The number of methoxy groups -OCH3 is 2. The third kappa shape index (κ3) is 6.17. The highest BCUT2D eigenvalue weighted by atomic mass is 19.4. The molecule has 1 aliphatic heterocycles. The quantitative estimate of drug-likeness (QED) is 0.567. The zero-order valence-corrected chi connectivity index (χ0v) is 18.7. The lowest BCUT2D eigenvalue weighted by Crippen LogP contribution is -2.41. The average molecular weight is 504 g/mol. The van der Waals surface area contributed by atoms with E-state index < -0.39 is 41.0 Å². The Labute approximate surface area is 196 Å². The zero-order chi connectivity index (χ0) is 26.0. The van der Waals surface area contributed by atoms with Gasteiger partial charge < -0.3 is 19.7 Å². The molecule has 0 atom stereocenters. The van der Waals surface area contributed by atoms with Crippen molar-refractivity contribution in [2.45, 2.75) is 25.2 Å². The minimum Gasteiger partial charge on any atom is -0.493 e. The fourth-order valence-electron chi connectivity index (χ4n) is 3.77. The van der Waals surface area contributed by atoms with Gasteiger partial charge in [0.25, 0.3) is 5.91 Å². The molecule has 1 saturated heterocycles. The van der Waals surface area contributed by atoms with Gasteiger partial charge in [0.05, 0.1) is 25.3 Å². The highest BCUT2D eigenvalue weighted by Crippen LogP contribution is 2.38. The summed E-state index contributed by atoms with van der Waals surface area (Å²) in [6.45, 7) is 0.364. The fourth-order valence-corrected chi connectivity index (χ4v) is 3.77. The topological polar surface area (TPSA) is 67.9 Å². The first-order chi connectivity index (χ1) is 16.3. The number of carbonyl (C=O) groups excluding carboxylic acids is 2. The van der Waals surface area contributed by atoms with E-state index in [-0.39, 0.29) is 37.9 Å². The lowest BCUT2D eigenvalue weighted by Gasteiger charge is -2.31. The van der Waals surface area contributed by atoms with E-state index in [1.165, 1.54) is 25.2 Å². The van der Waals surface area contributed by atoms with Crippen molar-refractivity contribution in [2.24, 2.45) is 5.92 Å². The Morgan fingerprint density at radius 2 is 1.40 bits per heavy atom. The van der Waals surface area contributed by atoms with Crippen LogP contribution in [0.4, 0.5) is 32.0 Å². The summed E-state index contributed by atoms with van der Waals surface area (Å²) in [5.74, 6) is -0.892. The first-order valence-corrected chi connectivity index (χ1v) is 10.4. The van der Waals surface area contributed by atoms with E-state index in [0.29, 0.717) is 29.2 Å². The number of carbonyl (C=O) groups is 2. The number of alkyl halides is 6. The normalized spacial score (nSPS) is 15.0. The molecule has 2 aromatic carbocycles. The van der Waals surface area contributed by atoms with Gasteiger partial charge in [-0.05, 0) is 49.2 Å². The van der Waals surface area contributed by atoms with Crippen molar-refractivity contribution in [1.82, 2.24) is 4.90 Å². The lowest BCUT2D eigenvalue weighted by atomic mass is 9.95. The molecule has 3 rings (SSSR count). The molecular weight excluding hydrogens is 482 g/mol. The van der Waals surface area contributed by atoms with Gasteiger partial charge in [-0.2, -0.15) is 26.3 Å². The van der Waals surface area contributed by atoms with Gasteiger partial charge in [-0.3, -0.25) is 9.59 Å². The van der Waals surface area contributed by atoms with Crippen LogP contribution in [-0.4, -0.2) is 44.0 Å². The van der Waals surface area contributed by atoms with E-state index in [1.807, 2.05) is 0 Å². The van der Waals surface area contributed by atoms with Crippen LogP contribution in [0.2, 0.25) is 0 Å². The van der Waals surface area contributed by atoms with Gasteiger partial charge in [0.1, 0.15) is 0 Å². The van der Waals surface area contributed by atoms with Crippen LogP contribution in [-0.2, 0) is 17.1 Å². The van der Waals surface area contributed by atoms with Crippen LogP contribution < -0.4 is 14.8 Å². The van der Waals surface area contributed by atoms with Crippen LogP contribution >= 0.6 is 0 Å². The summed E-state index contributed by atoms with van der Waals surface area (Å²) in [4.78, 5) is 26.9. The summed E-state index contributed by atoms with van der Waals surface area (Å²) in [6, 6.07) is 5.58. The van der Waals surface area contributed by atoms with Gasteiger partial charge in [-0.25, -0.2) is 0 Å². The molecule has 1 heterocycles. The van der Waals surface area contributed by atoms with E-state index in [9.17, 15) is 35.9 Å². The standard InChI is InChI=1S/C23H22F6N2O4/c1-34-18-4-3-14(9-19(18)35-2)21(33)31-7-5-13(6-8-31)20(32)30-17-11-15(22(24,25)26)10-16(12-17)23(27,28)29/h3-4,9-13H,5-8H2,1-2H3,(H,30,32). The van der Waals surface area contributed by atoms with Crippen LogP contribution in [0.15, 0.2) is 36.4 Å². The number of ether oxygens (including phenoxy) is 2. The molecule has 2 amide bonds. The molecule has 0 aromatic heterocycles. The van der Waals surface area contributed by atoms with Crippen LogP contribution in [0.25, 0.3) is 0 Å². The average Bonchev–Trinajstić information content (AvgIpc) is 2.81. The number of piperidine rings is 1. The third-order valence-electron chi connectivity index (χ3n) is 5.64. The largest absolute Gasteiger partial charge is 0.493 e. The fraction of sp³-hybridized carbons (Fsp3) is 0.391. The van der Waals surface area contributed by atoms with Crippen molar-refractivity contribution in [1.29, 1.82) is 0 Å². The highest BCUT2D eigenvalue weighted by molar-refractivity contribution is 5.96. The van der Waals surface area contributed by atoms with Crippen LogP contribution in [0, 0.1) is 5.92 Å². The Kier molecular flexibility index (Phi) is 7.51. The predicted octanol–water partition coefficient (Wildman–Crippen LogP) is 5.23. The number of rotatable bonds is 5. The molecule has 0 aliphatic carbocycles. The Bertz CT molecular complexity index is 1060. The molecule has 6 nitrogen and oxygen atoms in total. The summed E-state index contributed by atoms with van der Waals surface area (Å²) >= 11 is 0. The van der Waals surface area contributed by atoms with E-state index in [1.54, 1.807) is 12.1 Å². The first-order valence-electron chi connectivity index (χ1n) is 10.4. The smallest absolute Gasteiger partial charge is 0.416 e. The minimum atomic E-state index is -5.02. The molecule has 2 aromatic rings. The number of nitrogens with zero attached hydrogens (tertiary/aromatic N) is 1. The zero-order valence-electron chi connectivity index (χ0n) is 18.7. The molecule has 0 unspecified atom stereocenters. The monoisotopic (exact) mass is 504 g/mol. The molecule has 1 fully saturated rings. The minimum absolute atomic E-state index is 0.00604. The number of benzene rings is 2. The van der Waals surface area contributed by atoms with Gasteiger partial charge in [0.2, 0.25) is 5.91 Å². The number of anilines is 1. The second kappa shape index (κ2) is 10.0. The first kappa shape index (κ1) is 26.2. The number of nitrogens with one attached hydrogen (secondary N) is 1. The molecule has 1 N–H and O–H groups in total. The predicted molar refractivity (Wildman–Crippen MR) is 113 cm³/mol. The SMILES string of the molecule is COc1ccc(C(=O)N2CCC(C(=O)Nc3cc(C(F)(F)F)cc(C(F)(F)F)c3)CC2)cc1OC. The second-order valence-electron chi connectivity index (χ2n) is 7.92. The van der Waals surface area contributed by atoms with Gasteiger partial charge in [0, 0.05) is 30.3 Å². The molecular formula is C23H22F6N2O4. The molecule has 0 bridgehead atoms. The number of hydrogen-bond acceptors (Lipinski definition) is 4. The number of likely N-dealkylation sites (tertiary alicyclic amines) is 1. The maximum Gasteiger partial charge on any atom is 0.416 e. The van der Waals surface area contributed by atoms with Crippen molar-refractivity contribution < 1.29 is 45.4 Å². The van der Waals surface area contributed by atoms with Gasteiger partial charge in [0.15, 0.2) is 11.5 Å². The van der Waals surface area contributed by atoms with Crippen molar-refractivity contribution in [3.63, 3.8) is 0 Å². The van der Waals surface area contributed by atoms with Crippen molar-refractivity contribution >= 4 is 17.5 Å². The third-order valence-corrected chi connectivity index (χ3v) is 5.64. The maximum absolute atomic E-state index is 13.0. The lowest BCUT2D eigenvalue weighted by molar-refractivity contribution is -0.143. The molecule has 0 spiro atoms. The van der Waals surface area contributed by atoms with Crippen LogP contribution in [0.3, 0.4) is 0 Å². The Morgan fingerprint density at radius 3 is 1.89 bits per heavy atom. The summed E-state index contributed by atoms with van der Waals surface area (Å²) in [7, 11) is 2.89. The van der Waals surface area contributed by atoms with Gasteiger partial charge in [-0.15, -0.1) is 0 Å². The van der Waals surface area contributed by atoms with E-state index in [4.69, 9.17) is 9.47 Å². The number of halogens is 6. The Morgan fingerprint density at radius 1 is 0.857 bits per heavy atom. The summed E-state index contributed by atoms with van der Waals surface area (Å²) in [5, 5.41) is 2.17. The Balaban J connectivity index is 1.67. The van der Waals surface area contributed by atoms with E-state index in [2.05, 4.69) is 5.32 Å². The van der Waals surface area contributed by atoms with Gasteiger partial charge >= 0.3 is 12.4 Å². The summed E-state index contributed by atoms with van der Waals surface area (Å²) in [6.07, 6.45) is -9.65. The summed E-state index contributed by atoms with van der Waals surface area (Å²) in [5.41, 5.74) is -3.29. The molecule has 190 valence electrons. The van der Waals surface area contributed by atoms with E-state index in [0.717, 1.165) is 0 Å². The molecule has 0 radical (unpaired) electrons. The number of hydrogen-bond donors (Lipinski definition) is 1. The molecule has 35 heavy (non-hydrogen) atoms. The van der Waals surface area contributed by atoms with Crippen molar-refractivity contribution in [2.75, 3.05) is 32.6 Å². The second-order valence-corrected chi connectivity index (χ2v) is 7.92. The maximum atomic E-state index is 13.0. The van der Waals surface area contributed by atoms with E-state index >= 15 is 0 Å². The van der Waals surface area contributed by atoms with Crippen molar-refractivity contribution in [3.05, 3.63) is 53.1 Å². The molecule has 12 heteroatoms. The number of amides is 2. The highest BCUT2D eigenvalue weighted by Gasteiger charge is 2.37. The summed E-state index contributed by atoms with van der Waals surface area (Å²) < 4.78 is 88.6. The van der Waals surface area contributed by atoms with Gasteiger partial charge in [-0.1, -0.05) is 0 Å². The van der Waals surface area contributed by atoms with Crippen LogP contribution in [0.5, 0.6) is 11.5 Å². The molecule has 0 saturated carbocycles. The Hall–Kier alpha value is -3.44. The van der Waals surface area contributed by atoms with Crippen molar-refractivity contribution in [3.8, 4) is 11.5 Å². The molecule has 1 aliphatic rings.